The van der Waals surface area contributed by atoms with Crippen LogP contribution in [-0.2, 0) is 0 Å². The second kappa shape index (κ2) is 6.29. The Morgan fingerprint density at radius 2 is 1.68 bits per heavy atom. The van der Waals surface area contributed by atoms with E-state index in [0.717, 1.165) is 24.6 Å². The second-order valence-electron chi connectivity index (χ2n) is 5.52. The fourth-order valence-electron chi connectivity index (χ4n) is 2.85. The first-order chi connectivity index (χ1) is 9.17. The van der Waals surface area contributed by atoms with E-state index in [2.05, 4.69) is 31.3 Å². The summed E-state index contributed by atoms with van der Waals surface area (Å²) < 4.78 is 11.2. The molecule has 3 heteroatoms. The first-order valence-electron chi connectivity index (χ1n) is 7.14. The van der Waals surface area contributed by atoms with Crippen LogP contribution in [0.3, 0.4) is 0 Å². The maximum atomic E-state index is 5.61. The van der Waals surface area contributed by atoms with Crippen molar-refractivity contribution in [1.29, 1.82) is 0 Å². The van der Waals surface area contributed by atoms with Crippen LogP contribution in [0.15, 0.2) is 12.1 Å². The molecule has 1 aliphatic rings. The summed E-state index contributed by atoms with van der Waals surface area (Å²) in [5, 5.41) is 3.41. The van der Waals surface area contributed by atoms with Crippen LogP contribution in [0.2, 0.25) is 0 Å². The number of ether oxygens (including phenoxy) is 2. The van der Waals surface area contributed by atoms with Gasteiger partial charge in [-0.2, -0.15) is 0 Å². The van der Waals surface area contributed by atoms with E-state index in [1.54, 1.807) is 14.2 Å². The second-order valence-corrected chi connectivity index (χ2v) is 5.52. The zero-order valence-electron chi connectivity index (χ0n) is 12.5. The largest absolute Gasteiger partial charge is 0.496 e. The molecule has 0 bridgehead atoms. The summed E-state index contributed by atoms with van der Waals surface area (Å²) in [5.41, 5.74) is 2.52. The van der Waals surface area contributed by atoms with Gasteiger partial charge in [-0.05, 0) is 49.9 Å². The van der Waals surface area contributed by atoms with E-state index in [-0.39, 0.29) is 0 Å². The lowest BCUT2D eigenvalue weighted by atomic mass is 9.87. The number of methoxy groups -OCH3 is 2. The van der Waals surface area contributed by atoms with Gasteiger partial charge in [0.2, 0.25) is 0 Å². The van der Waals surface area contributed by atoms with E-state index in [1.807, 2.05) is 0 Å². The topological polar surface area (TPSA) is 30.5 Å². The first-order valence-corrected chi connectivity index (χ1v) is 7.14. The third kappa shape index (κ3) is 3.03. The minimum atomic E-state index is 0.436. The van der Waals surface area contributed by atoms with Gasteiger partial charge in [-0.3, -0.25) is 0 Å². The van der Waals surface area contributed by atoms with Crippen molar-refractivity contribution in [1.82, 2.24) is 5.32 Å². The maximum Gasteiger partial charge on any atom is 0.122 e. The number of hydrogen-bond donors (Lipinski definition) is 1. The highest BCUT2D eigenvalue weighted by Gasteiger charge is 2.22. The zero-order valence-corrected chi connectivity index (χ0v) is 12.5. The van der Waals surface area contributed by atoms with Crippen molar-refractivity contribution in [3.05, 3.63) is 23.3 Å². The Morgan fingerprint density at radius 3 is 2.21 bits per heavy atom. The van der Waals surface area contributed by atoms with Crippen molar-refractivity contribution in [2.24, 2.45) is 0 Å². The van der Waals surface area contributed by atoms with Crippen LogP contribution in [-0.4, -0.2) is 27.3 Å². The highest BCUT2D eigenvalue weighted by Crippen LogP contribution is 2.39. The SMILES string of the molecule is COc1cc(C2CCNCC2)c(OC)cc1C(C)C. The Balaban J connectivity index is 2.41. The van der Waals surface area contributed by atoms with Crippen LogP contribution in [0.25, 0.3) is 0 Å². The lowest BCUT2D eigenvalue weighted by Crippen LogP contribution is -2.26. The maximum absolute atomic E-state index is 5.61. The van der Waals surface area contributed by atoms with Crippen molar-refractivity contribution in [2.45, 2.75) is 38.5 Å². The molecule has 2 rings (SSSR count). The highest BCUT2D eigenvalue weighted by molar-refractivity contribution is 5.49. The van der Waals surface area contributed by atoms with Crippen molar-refractivity contribution >= 4 is 0 Å². The van der Waals surface area contributed by atoms with Gasteiger partial charge in [0.05, 0.1) is 14.2 Å². The summed E-state index contributed by atoms with van der Waals surface area (Å²) in [7, 11) is 3.51. The molecule has 0 unspecified atom stereocenters. The molecule has 0 aliphatic carbocycles. The Hall–Kier alpha value is -1.22. The number of nitrogens with one attached hydrogen (secondary N) is 1. The Labute approximate surface area is 116 Å². The van der Waals surface area contributed by atoms with Crippen LogP contribution in [0.1, 0.15) is 49.7 Å². The molecule has 1 N–H and O–H groups in total. The molecule has 3 nitrogen and oxygen atoms in total. The molecule has 0 spiro atoms. The van der Waals surface area contributed by atoms with Gasteiger partial charge in [-0.25, -0.2) is 0 Å². The molecule has 1 aromatic rings. The van der Waals surface area contributed by atoms with Crippen LogP contribution < -0.4 is 14.8 Å². The number of benzene rings is 1. The van der Waals surface area contributed by atoms with Gasteiger partial charge >= 0.3 is 0 Å². The van der Waals surface area contributed by atoms with Gasteiger partial charge < -0.3 is 14.8 Å². The van der Waals surface area contributed by atoms with Crippen molar-refractivity contribution in [2.75, 3.05) is 27.3 Å². The molecule has 106 valence electrons. The number of hydrogen-bond acceptors (Lipinski definition) is 3. The lowest BCUT2D eigenvalue weighted by molar-refractivity contribution is 0.379. The summed E-state index contributed by atoms with van der Waals surface area (Å²) in [6, 6.07) is 4.34. The number of piperidine rings is 1. The molecule has 0 atom stereocenters. The van der Waals surface area contributed by atoms with Gasteiger partial charge in [0.25, 0.3) is 0 Å². The molecule has 0 amide bonds. The van der Waals surface area contributed by atoms with E-state index < -0.39 is 0 Å². The average molecular weight is 263 g/mol. The minimum absolute atomic E-state index is 0.436. The summed E-state index contributed by atoms with van der Waals surface area (Å²) >= 11 is 0. The number of rotatable bonds is 4. The molecule has 0 aromatic heterocycles. The van der Waals surface area contributed by atoms with Crippen LogP contribution in [0.4, 0.5) is 0 Å². The first kappa shape index (κ1) is 14.2. The minimum Gasteiger partial charge on any atom is -0.496 e. The summed E-state index contributed by atoms with van der Waals surface area (Å²) in [5.74, 6) is 3.01. The van der Waals surface area contributed by atoms with E-state index in [1.165, 1.54) is 24.0 Å². The molecular weight excluding hydrogens is 238 g/mol. The fourth-order valence-corrected chi connectivity index (χ4v) is 2.85. The van der Waals surface area contributed by atoms with Crippen molar-refractivity contribution in [3.8, 4) is 11.5 Å². The Morgan fingerprint density at radius 1 is 1.05 bits per heavy atom. The third-order valence-corrected chi connectivity index (χ3v) is 3.98. The van der Waals surface area contributed by atoms with Gasteiger partial charge in [-0.15, -0.1) is 0 Å². The van der Waals surface area contributed by atoms with Gasteiger partial charge in [0, 0.05) is 11.1 Å². The molecular formula is C16H25NO2. The summed E-state index contributed by atoms with van der Waals surface area (Å²) in [6.45, 7) is 6.53. The van der Waals surface area contributed by atoms with Gasteiger partial charge in [-0.1, -0.05) is 13.8 Å². The van der Waals surface area contributed by atoms with E-state index in [0.29, 0.717) is 11.8 Å². The summed E-state index contributed by atoms with van der Waals surface area (Å²) in [6.07, 6.45) is 2.33. The quantitative estimate of drug-likeness (QED) is 0.904. The molecule has 1 aliphatic heterocycles. The standard InChI is InChI=1S/C16H25NO2/c1-11(2)13-9-16(19-4)14(10-15(13)18-3)12-5-7-17-8-6-12/h9-12,17H,5-8H2,1-4H3. The molecule has 1 fully saturated rings. The Bertz CT molecular complexity index is 423. The third-order valence-electron chi connectivity index (χ3n) is 3.98. The molecule has 1 aromatic carbocycles. The van der Waals surface area contributed by atoms with Crippen molar-refractivity contribution in [3.63, 3.8) is 0 Å². The van der Waals surface area contributed by atoms with E-state index in [9.17, 15) is 0 Å². The molecule has 1 heterocycles. The summed E-state index contributed by atoms with van der Waals surface area (Å²) in [4.78, 5) is 0. The molecule has 1 saturated heterocycles. The monoisotopic (exact) mass is 263 g/mol. The lowest BCUT2D eigenvalue weighted by Gasteiger charge is -2.26. The predicted molar refractivity (Wildman–Crippen MR) is 78.5 cm³/mol. The van der Waals surface area contributed by atoms with E-state index in [4.69, 9.17) is 9.47 Å². The highest BCUT2D eigenvalue weighted by atomic mass is 16.5. The normalized spacial score (nSPS) is 16.7. The van der Waals surface area contributed by atoms with Crippen LogP contribution in [0.5, 0.6) is 11.5 Å². The molecule has 0 radical (unpaired) electrons. The Kier molecular flexibility index (Phi) is 4.70. The van der Waals surface area contributed by atoms with Gasteiger partial charge in [0.1, 0.15) is 11.5 Å². The van der Waals surface area contributed by atoms with Gasteiger partial charge in [0.15, 0.2) is 0 Å². The van der Waals surface area contributed by atoms with Crippen LogP contribution >= 0.6 is 0 Å². The predicted octanol–water partition coefficient (Wildman–Crippen LogP) is 3.29. The van der Waals surface area contributed by atoms with Crippen molar-refractivity contribution < 1.29 is 9.47 Å². The average Bonchev–Trinajstić information content (AvgIpc) is 2.46. The zero-order chi connectivity index (χ0) is 13.8. The fraction of sp³-hybridized carbons (Fsp3) is 0.625. The van der Waals surface area contributed by atoms with Crippen LogP contribution in [0, 0.1) is 0 Å². The van der Waals surface area contributed by atoms with E-state index >= 15 is 0 Å². The molecule has 19 heavy (non-hydrogen) atoms. The smallest absolute Gasteiger partial charge is 0.122 e. The molecule has 0 saturated carbocycles.